The molecule has 15 heteroatoms. The quantitative estimate of drug-likeness (QED) is 0.0819. The maximum absolute atomic E-state index is 13.5. The Balaban J connectivity index is 1.39. The summed E-state index contributed by atoms with van der Waals surface area (Å²) in [6.45, 7) is 12.1. The molecule has 6 amide bonds. The molecule has 1 unspecified atom stereocenters. The van der Waals surface area contributed by atoms with Crippen LogP contribution in [0.3, 0.4) is 0 Å². The Hall–Kier alpha value is -5.57. The standard InChI is InChI=1S/C41H56N6O9/c1-28(2)26-33(43-30(4)48)27-31-10-14-35(15-11-31)56-40(53)45(7)41(5,6)39(52)46(8)44-29(3)32-12-16-34(17-13-32)55-25-24-54-23-20-36(49)42-21-9-22-47-37(50)18-19-38(47)51/h10-19,28,33H,9,20-27H2,1-8H3,(H,42,49)(H,43,48)/b44-29-. The number of nitrogens with zero attached hydrogens (tertiary/aromatic N) is 4. The van der Waals surface area contributed by atoms with Crippen molar-refractivity contribution in [2.75, 3.05) is 47.0 Å². The van der Waals surface area contributed by atoms with Crippen LogP contribution in [0.5, 0.6) is 11.5 Å². The number of likely N-dealkylation sites (N-methyl/N-ethyl adjacent to an activating group) is 2. The van der Waals surface area contributed by atoms with Crippen molar-refractivity contribution in [1.29, 1.82) is 0 Å². The molecular weight excluding hydrogens is 720 g/mol. The van der Waals surface area contributed by atoms with Gasteiger partial charge in [-0.1, -0.05) is 26.0 Å². The van der Waals surface area contributed by atoms with Crippen molar-refractivity contribution in [3.63, 3.8) is 0 Å². The van der Waals surface area contributed by atoms with Crippen molar-refractivity contribution in [1.82, 2.24) is 25.4 Å². The minimum absolute atomic E-state index is 0.000197. The van der Waals surface area contributed by atoms with Crippen LogP contribution >= 0.6 is 0 Å². The highest BCUT2D eigenvalue weighted by molar-refractivity contribution is 6.12. The number of carbonyl (C=O) groups excluding carboxylic acids is 6. The highest BCUT2D eigenvalue weighted by atomic mass is 16.6. The first-order chi connectivity index (χ1) is 26.5. The molecule has 0 aromatic heterocycles. The fourth-order valence-corrected chi connectivity index (χ4v) is 5.78. The first kappa shape index (κ1) is 44.8. The minimum Gasteiger partial charge on any atom is -0.491 e. The van der Waals surface area contributed by atoms with Gasteiger partial charge in [-0.05, 0) is 93.5 Å². The predicted octanol–water partition coefficient (Wildman–Crippen LogP) is 4.09. The van der Waals surface area contributed by atoms with Crippen LogP contribution < -0.4 is 20.1 Å². The lowest BCUT2D eigenvalue weighted by molar-refractivity contribution is -0.139. The number of carbonyl (C=O) groups is 6. The van der Waals surface area contributed by atoms with Gasteiger partial charge in [0.2, 0.25) is 11.8 Å². The molecule has 2 aromatic rings. The second kappa shape index (κ2) is 21.5. The van der Waals surface area contributed by atoms with Gasteiger partial charge in [-0.25, -0.2) is 9.80 Å². The van der Waals surface area contributed by atoms with Gasteiger partial charge in [0.05, 0.1) is 18.9 Å². The van der Waals surface area contributed by atoms with Gasteiger partial charge in [0.15, 0.2) is 0 Å². The molecule has 0 aliphatic carbocycles. The lowest BCUT2D eigenvalue weighted by atomic mass is 9.97. The first-order valence-electron chi connectivity index (χ1n) is 18.7. The maximum Gasteiger partial charge on any atom is 0.415 e. The van der Waals surface area contributed by atoms with E-state index in [4.69, 9.17) is 14.2 Å². The van der Waals surface area contributed by atoms with Crippen molar-refractivity contribution >= 4 is 41.3 Å². The molecule has 0 bridgehead atoms. The Bertz CT molecular complexity index is 1720. The number of benzene rings is 2. The number of hydrogen-bond donors (Lipinski definition) is 2. The maximum atomic E-state index is 13.5. The van der Waals surface area contributed by atoms with Crippen LogP contribution in [-0.4, -0.2) is 115 Å². The molecule has 2 N–H and O–H groups in total. The van der Waals surface area contributed by atoms with Crippen LogP contribution in [0, 0.1) is 5.92 Å². The SMILES string of the molecule is CC(=O)NC(Cc1ccc(OC(=O)N(C)C(C)(C)C(=O)N(C)/N=C(/C)c2ccc(OCCOCCC(=O)NCCCN3C(=O)C=CC3=O)cc2)cc1)CC(C)C. The topological polar surface area (TPSA) is 176 Å². The van der Waals surface area contributed by atoms with E-state index >= 15 is 0 Å². The molecule has 1 atom stereocenters. The summed E-state index contributed by atoms with van der Waals surface area (Å²) >= 11 is 0. The fraction of sp³-hybridized carbons (Fsp3) is 0.488. The normalized spacial score (nSPS) is 13.4. The highest BCUT2D eigenvalue weighted by Gasteiger charge is 2.39. The summed E-state index contributed by atoms with van der Waals surface area (Å²) < 4.78 is 16.8. The molecule has 304 valence electrons. The van der Waals surface area contributed by atoms with Crippen LogP contribution in [0.25, 0.3) is 0 Å². The van der Waals surface area contributed by atoms with Gasteiger partial charge >= 0.3 is 6.09 Å². The molecule has 1 aliphatic rings. The average Bonchev–Trinajstić information content (AvgIpc) is 3.46. The minimum atomic E-state index is -1.29. The largest absolute Gasteiger partial charge is 0.491 e. The number of imide groups is 1. The summed E-state index contributed by atoms with van der Waals surface area (Å²) in [5.74, 6) is -0.0159. The Morgan fingerprint density at radius 1 is 0.875 bits per heavy atom. The number of hydrogen-bond acceptors (Lipinski definition) is 10. The lowest BCUT2D eigenvalue weighted by Gasteiger charge is -2.35. The zero-order valence-electron chi connectivity index (χ0n) is 33.8. The number of nitrogens with one attached hydrogen (secondary N) is 2. The summed E-state index contributed by atoms with van der Waals surface area (Å²) in [6, 6.07) is 14.3. The summed E-state index contributed by atoms with van der Waals surface area (Å²) in [6.07, 6.45) is 3.88. The monoisotopic (exact) mass is 776 g/mol. The second-order valence-electron chi connectivity index (χ2n) is 14.5. The van der Waals surface area contributed by atoms with Crippen LogP contribution in [0.4, 0.5) is 4.79 Å². The molecule has 0 spiro atoms. The van der Waals surface area contributed by atoms with Crippen LogP contribution in [-0.2, 0) is 35.1 Å². The third-order valence-corrected chi connectivity index (χ3v) is 9.03. The molecule has 1 aliphatic heterocycles. The van der Waals surface area contributed by atoms with Gasteiger partial charge in [0, 0.05) is 58.7 Å². The van der Waals surface area contributed by atoms with E-state index in [2.05, 4.69) is 29.6 Å². The number of ether oxygens (including phenoxy) is 3. The van der Waals surface area contributed by atoms with E-state index in [-0.39, 0.29) is 62.5 Å². The Morgan fingerprint density at radius 3 is 2.11 bits per heavy atom. The smallest absolute Gasteiger partial charge is 0.415 e. The van der Waals surface area contributed by atoms with Gasteiger partial charge in [0.25, 0.3) is 17.7 Å². The lowest BCUT2D eigenvalue weighted by Crippen LogP contribution is -2.55. The van der Waals surface area contributed by atoms with Gasteiger partial charge < -0.3 is 24.8 Å². The number of amides is 6. The van der Waals surface area contributed by atoms with Gasteiger partial charge in [0.1, 0.15) is 23.6 Å². The van der Waals surface area contributed by atoms with Gasteiger partial charge in [-0.3, -0.25) is 33.8 Å². The summed E-state index contributed by atoms with van der Waals surface area (Å²) in [5.41, 5.74) is 1.03. The van der Waals surface area contributed by atoms with E-state index in [1.54, 1.807) is 45.0 Å². The molecule has 0 saturated heterocycles. The van der Waals surface area contributed by atoms with E-state index in [0.717, 1.165) is 22.4 Å². The zero-order chi connectivity index (χ0) is 41.4. The molecule has 15 nitrogen and oxygen atoms in total. The van der Waals surface area contributed by atoms with Crippen LogP contribution in [0.1, 0.15) is 71.9 Å². The average molecular weight is 777 g/mol. The molecule has 0 radical (unpaired) electrons. The van der Waals surface area contributed by atoms with Crippen molar-refractivity contribution < 1.29 is 43.0 Å². The van der Waals surface area contributed by atoms with E-state index < -0.39 is 17.5 Å². The van der Waals surface area contributed by atoms with E-state index in [1.807, 2.05) is 24.3 Å². The predicted molar refractivity (Wildman–Crippen MR) is 211 cm³/mol. The number of rotatable bonds is 21. The van der Waals surface area contributed by atoms with Crippen molar-refractivity contribution in [2.45, 2.75) is 78.8 Å². The molecule has 3 rings (SSSR count). The first-order valence-corrected chi connectivity index (χ1v) is 18.7. The molecule has 1 heterocycles. The summed E-state index contributed by atoms with van der Waals surface area (Å²) in [4.78, 5) is 75.7. The molecule has 0 fully saturated rings. The second-order valence-corrected chi connectivity index (χ2v) is 14.5. The van der Waals surface area contributed by atoms with E-state index in [1.165, 1.54) is 43.1 Å². The van der Waals surface area contributed by atoms with Gasteiger partial charge in [-0.15, -0.1) is 0 Å². The van der Waals surface area contributed by atoms with Crippen LogP contribution in [0.15, 0.2) is 65.8 Å². The Morgan fingerprint density at radius 2 is 1.50 bits per heavy atom. The van der Waals surface area contributed by atoms with E-state index in [0.29, 0.717) is 42.5 Å². The molecular formula is C41H56N6O9. The highest BCUT2D eigenvalue weighted by Crippen LogP contribution is 2.21. The zero-order valence-corrected chi connectivity index (χ0v) is 33.8. The van der Waals surface area contributed by atoms with Crippen molar-refractivity contribution in [2.24, 2.45) is 11.0 Å². The molecule has 56 heavy (non-hydrogen) atoms. The molecule has 0 saturated carbocycles. The van der Waals surface area contributed by atoms with Crippen molar-refractivity contribution in [3.05, 3.63) is 71.8 Å². The van der Waals surface area contributed by atoms with Gasteiger partial charge in [-0.2, -0.15) is 5.10 Å². The third kappa shape index (κ3) is 14.3. The van der Waals surface area contributed by atoms with Crippen LogP contribution in [0.2, 0.25) is 0 Å². The molecule has 2 aromatic carbocycles. The number of hydrazone groups is 1. The van der Waals surface area contributed by atoms with Crippen molar-refractivity contribution in [3.8, 4) is 11.5 Å². The fourth-order valence-electron chi connectivity index (χ4n) is 5.78. The Labute approximate surface area is 329 Å². The Kier molecular flexibility index (Phi) is 17.2. The summed E-state index contributed by atoms with van der Waals surface area (Å²) in [7, 11) is 3.02. The van der Waals surface area contributed by atoms with E-state index in [9.17, 15) is 28.8 Å². The third-order valence-electron chi connectivity index (χ3n) is 9.03. The summed E-state index contributed by atoms with van der Waals surface area (Å²) in [5, 5.41) is 11.4.